The summed E-state index contributed by atoms with van der Waals surface area (Å²) in [5.74, 6) is 1.25. The van der Waals surface area contributed by atoms with Crippen LogP contribution in [0.25, 0.3) is 5.41 Å². The molecule has 0 aromatic carbocycles. The van der Waals surface area contributed by atoms with Crippen LogP contribution in [0.1, 0.15) is 0 Å². The van der Waals surface area contributed by atoms with E-state index in [-0.39, 0.29) is 29.6 Å². The zero-order valence-electron chi connectivity index (χ0n) is 2.52. The van der Waals surface area contributed by atoms with Gasteiger partial charge in [-0.05, 0) is 0 Å². The maximum Gasteiger partial charge on any atom is 1.00 e. The summed E-state index contributed by atoms with van der Waals surface area (Å²) >= 11 is 0. The van der Waals surface area contributed by atoms with Gasteiger partial charge in [-0.15, -0.1) is 0 Å². The third-order valence-electron chi connectivity index (χ3n) is 0. The first kappa shape index (κ1) is 8.82. The molecule has 0 heterocycles. The van der Waals surface area contributed by atoms with Gasteiger partial charge < -0.3 is 0 Å². The standard InChI is InChI=1S/CBN.Na/c2-1-3;/q-1;+1. The molecule has 13 valence electrons. The van der Waals surface area contributed by atoms with Gasteiger partial charge in [0.05, 0.1) is 0 Å². The predicted molar refractivity (Wildman–Crippen MR) is 14.1 cm³/mol. The number of rotatable bonds is 0. The van der Waals surface area contributed by atoms with Gasteiger partial charge in [0.1, 0.15) is 0 Å². The van der Waals surface area contributed by atoms with Gasteiger partial charge in [-0.3, -0.25) is 0 Å². The minimum Gasteiger partial charge on any atom is 1.00 e. The Hall–Kier alpha value is 0.645. The Labute approximate surface area is 48.3 Å². The van der Waals surface area contributed by atoms with E-state index < -0.39 is 0 Å². The van der Waals surface area contributed by atoms with Crippen LogP contribution in [0, 0.1) is 0 Å². The molecule has 0 fully saturated rings. The van der Waals surface area contributed by atoms with Crippen LogP contribution in [0.3, 0.4) is 0 Å². The molecule has 0 aromatic heterocycles. The van der Waals surface area contributed by atoms with Crippen LogP contribution < -0.4 is 29.6 Å². The second-order valence-electron chi connectivity index (χ2n) is 0.129. The van der Waals surface area contributed by atoms with Crippen molar-refractivity contribution < 1.29 is 29.6 Å². The van der Waals surface area contributed by atoms with Crippen LogP contribution in [0.2, 0.25) is 0 Å². The van der Waals surface area contributed by atoms with Crippen LogP contribution in [-0.4, -0.2) is 13.2 Å². The Morgan fingerprint density at radius 3 is 1.75 bits per heavy atom. The Bertz CT molecular complexity index is 29.0. The van der Waals surface area contributed by atoms with Gasteiger partial charge in [-0.1, -0.05) is 0 Å². The van der Waals surface area contributed by atoms with Crippen molar-refractivity contribution in [1.82, 2.24) is 0 Å². The third-order valence-corrected chi connectivity index (χ3v) is 0. The number of hydrogen-bond acceptors (Lipinski definition) is 0. The Kier molecular flexibility index (Phi) is 20.8. The maximum absolute atomic E-state index is 7.10. The minimum absolute atomic E-state index is 0. The van der Waals surface area contributed by atoms with Gasteiger partial charge in [0.2, 0.25) is 0 Å². The zero-order valence-corrected chi connectivity index (χ0v) is 4.52. The van der Waals surface area contributed by atoms with Crippen LogP contribution in [0.4, 0.5) is 0 Å². The summed E-state index contributed by atoms with van der Waals surface area (Å²) in [5.41, 5.74) is 0. The smallest absolute Gasteiger partial charge is 1.00 e. The van der Waals surface area contributed by atoms with E-state index in [1.54, 1.807) is 0 Å². The van der Waals surface area contributed by atoms with Crippen molar-refractivity contribution in [2.75, 3.05) is 0 Å². The van der Waals surface area contributed by atoms with E-state index in [0.717, 1.165) is 0 Å². The molecule has 0 rings (SSSR count). The Balaban J connectivity index is 0. The van der Waals surface area contributed by atoms with Gasteiger partial charge in [0.25, 0.3) is 0 Å². The van der Waals surface area contributed by atoms with E-state index in [4.69, 9.17) is 5.41 Å². The molecule has 0 atom stereocenters. The molecule has 0 aliphatic carbocycles. The van der Waals surface area contributed by atoms with Crippen molar-refractivity contribution in [3.05, 3.63) is 5.41 Å². The fourth-order valence-corrected chi connectivity index (χ4v) is 0. The molecule has 1 radical (unpaired) electrons. The van der Waals surface area contributed by atoms with Crippen LogP contribution in [0.15, 0.2) is 0 Å². The molecule has 0 aliphatic heterocycles. The van der Waals surface area contributed by atoms with Gasteiger partial charge >= 0.3 is 48.2 Å². The van der Waals surface area contributed by atoms with E-state index in [1.165, 1.54) is 5.76 Å². The molecule has 0 aliphatic rings. The second kappa shape index (κ2) is 9.42. The van der Waals surface area contributed by atoms with Crippen molar-refractivity contribution in [2.24, 2.45) is 0 Å². The first-order chi connectivity index (χ1) is 1.41. The molecule has 4 heavy (non-hydrogen) atoms. The molecule has 0 bridgehead atoms. The number of hydrogen-bond donors (Lipinski definition) is 0. The summed E-state index contributed by atoms with van der Waals surface area (Å²) in [6.07, 6.45) is 0. The van der Waals surface area contributed by atoms with Crippen molar-refractivity contribution in [3.63, 3.8) is 0 Å². The Morgan fingerprint density at radius 2 is 1.75 bits per heavy atom. The van der Waals surface area contributed by atoms with Crippen LogP contribution in [-0.2, 0) is 0 Å². The van der Waals surface area contributed by atoms with Crippen molar-refractivity contribution in [2.45, 2.75) is 0 Å². The average Bonchev–Trinajstić information content (AvgIpc) is 0.918. The molecule has 0 amide bonds. The number of nitrogens with zero attached hydrogens (tertiary/aromatic N) is 1. The van der Waals surface area contributed by atoms with Gasteiger partial charge in [0.15, 0.2) is 0 Å². The van der Waals surface area contributed by atoms with Crippen LogP contribution >= 0.6 is 0 Å². The van der Waals surface area contributed by atoms with Crippen molar-refractivity contribution >= 4 is 13.2 Å². The Morgan fingerprint density at radius 1 is 1.75 bits per heavy atom. The molecule has 0 saturated heterocycles. The molecule has 0 aromatic rings. The first-order valence-corrected chi connectivity index (χ1v) is 0.512. The molecular weight excluding hydrogens is 59.8 g/mol. The monoisotopic (exact) mass is 60.0 g/mol. The molecule has 3 heteroatoms. The largest absolute Gasteiger partial charge is 1.00 e. The maximum atomic E-state index is 7.10. The summed E-state index contributed by atoms with van der Waals surface area (Å²) in [6.45, 7) is 0. The second-order valence-corrected chi connectivity index (χ2v) is 0.129. The van der Waals surface area contributed by atoms with E-state index in [0.29, 0.717) is 0 Å². The SMILES string of the molecule is [B]=C=[N-].[Na+]. The van der Waals surface area contributed by atoms with E-state index in [9.17, 15) is 0 Å². The summed E-state index contributed by atoms with van der Waals surface area (Å²) in [6, 6.07) is 0. The topological polar surface area (TPSA) is 22.3 Å². The third kappa shape index (κ3) is 17.2. The van der Waals surface area contributed by atoms with Crippen molar-refractivity contribution in [3.8, 4) is 0 Å². The molecule has 0 saturated carbocycles. The molecule has 1 nitrogen and oxygen atoms in total. The first-order valence-electron chi connectivity index (χ1n) is 0.512. The van der Waals surface area contributed by atoms with E-state index in [2.05, 4.69) is 7.49 Å². The zero-order chi connectivity index (χ0) is 2.71. The fraction of sp³-hybridized carbons (Fsp3) is 0. The van der Waals surface area contributed by atoms with Gasteiger partial charge in [-0.25, -0.2) is 0 Å². The fourth-order valence-electron chi connectivity index (χ4n) is 0. The summed E-state index contributed by atoms with van der Waals surface area (Å²) < 4.78 is 0. The molecular formula is CBNNa. The summed E-state index contributed by atoms with van der Waals surface area (Å²) in [7, 11) is 4.15. The van der Waals surface area contributed by atoms with Gasteiger partial charge in [-0.2, -0.15) is 0 Å². The summed E-state index contributed by atoms with van der Waals surface area (Å²) in [4.78, 5) is 0. The summed E-state index contributed by atoms with van der Waals surface area (Å²) in [5, 5.41) is 7.10. The minimum atomic E-state index is 0. The van der Waals surface area contributed by atoms with Gasteiger partial charge in [0, 0.05) is 0 Å². The quantitative estimate of drug-likeness (QED) is 0.206. The van der Waals surface area contributed by atoms with Crippen LogP contribution in [0.5, 0.6) is 0 Å². The molecule has 0 spiro atoms. The molecule has 0 N–H and O–H groups in total. The van der Waals surface area contributed by atoms with E-state index >= 15 is 0 Å². The van der Waals surface area contributed by atoms with Crippen molar-refractivity contribution in [1.29, 1.82) is 0 Å². The molecule has 0 unspecified atom stereocenters. The predicted octanol–water partition coefficient (Wildman–Crippen LogP) is -3.37. The van der Waals surface area contributed by atoms with E-state index in [1.807, 2.05) is 0 Å². The average molecular weight is 59.8 g/mol. The normalized spacial score (nSPS) is 1.75.